The summed E-state index contributed by atoms with van der Waals surface area (Å²) in [5.74, 6) is 0. The molecule has 0 amide bonds. The minimum atomic E-state index is 1.09. The maximum atomic E-state index is 4.54. The van der Waals surface area contributed by atoms with E-state index in [9.17, 15) is 0 Å². The molecule has 2 rings (SSSR count). The van der Waals surface area contributed by atoms with E-state index >= 15 is 0 Å². The lowest BCUT2D eigenvalue weighted by Crippen LogP contribution is -1.89. The monoisotopic (exact) mass is 217 g/mol. The molecule has 2 heteroatoms. The molecule has 0 fully saturated rings. The number of hydrogen-bond donors (Lipinski definition) is 0. The van der Waals surface area contributed by atoms with E-state index in [2.05, 4.69) is 42.4 Å². The van der Waals surface area contributed by atoms with E-state index in [0.29, 0.717) is 0 Å². The van der Waals surface area contributed by atoms with Crippen molar-refractivity contribution < 1.29 is 0 Å². The van der Waals surface area contributed by atoms with Crippen LogP contribution in [0.4, 0.5) is 0 Å². The molecular weight excluding hydrogens is 202 g/mol. The summed E-state index contributed by atoms with van der Waals surface area (Å²) >= 11 is 1.72. The average molecular weight is 217 g/mol. The molecule has 1 heterocycles. The largest absolute Gasteiger partial charge is 0.241 e. The molecule has 1 nitrogen and oxygen atoms in total. The van der Waals surface area contributed by atoms with Gasteiger partial charge in [-0.3, -0.25) is 0 Å². The highest BCUT2D eigenvalue weighted by Crippen LogP contribution is 2.28. The van der Waals surface area contributed by atoms with E-state index in [1.54, 1.807) is 11.3 Å². The van der Waals surface area contributed by atoms with Gasteiger partial charge in [0.25, 0.3) is 0 Å². The van der Waals surface area contributed by atoms with E-state index in [1.165, 1.54) is 16.7 Å². The topological polar surface area (TPSA) is 12.9 Å². The molecule has 0 saturated heterocycles. The standard InChI is InChI=1S/C13H15NS/c1-4-11-6-5-7-12(10(11)3)13-14-9(2)8-15-13/h5-8H,4H2,1-3H3. The second kappa shape index (κ2) is 4.15. The first-order valence-corrected chi connectivity index (χ1v) is 6.11. The molecule has 1 aromatic heterocycles. The molecule has 0 aliphatic rings. The fourth-order valence-electron chi connectivity index (χ4n) is 1.78. The zero-order valence-electron chi connectivity index (χ0n) is 9.37. The van der Waals surface area contributed by atoms with Gasteiger partial charge in [-0.25, -0.2) is 4.98 Å². The van der Waals surface area contributed by atoms with Crippen LogP contribution in [-0.2, 0) is 6.42 Å². The predicted molar refractivity (Wildman–Crippen MR) is 66.4 cm³/mol. The predicted octanol–water partition coefficient (Wildman–Crippen LogP) is 3.99. The van der Waals surface area contributed by atoms with Gasteiger partial charge in [-0.1, -0.05) is 25.1 Å². The second-order valence-electron chi connectivity index (χ2n) is 3.74. The van der Waals surface area contributed by atoms with Gasteiger partial charge in [-0.05, 0) is 31.4 Å². The minimum absolute atomic E-state index is 1.09. The summed E-state index contributed by atoms with van der Waals surface area (Å²) in [4.78, 5) is 4.54. The number of rotatable bonds is 2. The Morgan fingerprint density at radius 3 is 2.67 bits per heavy atom. The summed E-state index contributed by atoms with van der Waals surface area (Å²) in [5, 5.41) is 3.24. The van der Waals surface area contributed by atoms with Crippen LogP contribution in [0.1, 0.15) is 23.7 Å². The Kier molecular flexibility index (Phi) is 2.87. The van der Waals surface area contributed by atoms with Crippen molar-refractivity contribution in [3.63, 3.8) is 0 Å². The van der Waals surface area contributed by atoms with E-state index in [4.69, 9.17) is 0 Å². The summed E-state index contributed by atoms with van der Waals surface area (Å²) in [5.41, 5.74) is 5.18. The number of nitrogens with zero attached hydrogens (tertiary/aromatic N) is 1. The smallest absolute Gasteiger partial charge is 0.123 e. The van der Waals surface area contributed by atoms with Crippen molar-refractivity contribution >= 4 is 11.3 Å². The summed E-state index contributed by atoms with van der Waals surface area (Å²) < 4.78 is 0. The van der Waals surface area contributed by atoms with Crippen LogP contribution in [0, 0.1) is 13.8 Å². The van der Waals surface area contributed by atoms with Crippen molar-refractivity contribution in [2.45, 2.75) is 27.2 Å². The molecule has 0 unspecified atom stereocenters. The van der Waals surface area contributed by atoms with Crippen LogP contribution in [0.25, 0.3) is 10.6 Å². The van der Waals surface area contributed by atoms with E-state index < -0.39 is 0 Å². The van der Waals surface area contributed by atoms with Crippen molar-refractivity contribution in [3.05, 3.63) is 40.4 Å². The lowest BCUT2D eigenvalue weighted by atomic mass is 10.0. The van der Waals surface area contributed by atoms with E-state index in [0.717, 1.165) is 17.1 Å². The Morgan fingerprint density at radius 1 is 1.27 bits per heavy atom. The lowest BCUT2D eigenvalue weighted by molar-refractivity contribution is 1.11. The number of hydrogen-bond acceptors (Lipinski definition) is 2. The highest BCUT2D eigenvalue weighted by Gasteiger charge is 2.07. The first-order valence-electron chi connectivity index (χ1n) is 5.23. The molecule has 78 valence electrons. The molecule has 1 aromatic carbocycles. The van der Waals surface area contributed by atoms with Gasteiger partial charge in [-0.2, -0.15) is 0 Å². The Balaban J connectivity index is 2.53. The van der Waals surface area contributed by atoms with Crippen molar-refractivity contribution in [1.82, 2.24) is 4.98 Å². The summed E-state index contributed by atoms with van der Waals surface area (Å²) in [7, 11) is 0. The van der Waals surface area contributed by atoms with Crippen LogP contribution in [0.5, 0.6) is 0 Å². The summed E-state index contributed by atoms with van der Waals surface area (Å²) in [6.45, 7) is 6.42. The molecule has 0 saturated carbocycles. The van der Waals surface area contributed by atoms with E-state index in [1.807, 2.05) is 6.92 Å². The van der Waals surface area contributed by atoms with Gasteiger partial charge in [0.05, 0.1) is 0 Å². The fourth-order valence-corrected chi connectivity index (χ4v) is 2.66. The maximum absolute atomic E-state index is 4.54. The molecule has 0 spiro atoms. The third kappa shape index (κ3) is 1.95. The van der Waals surface area contributed by atoms with Crippen molar-refractivity contribution in [2.75, 3.05) is 0 Å². The summed E-state index contributed by atoms with van der Waals surface area (Å²) in [6, 6.07) is 6.48. The molecule has 0 aliphatic carbocycles. The van der Waals surface area contributed by atoms with Crippen molar-refractivity contribution in [3.8, 4) is 10.6 Å². The second-order valence-corrected chi connectivity index (χ2v) is 4.60. The fraction of sp³-hybridized carbons (Fsp3) is 0.308. The van der Waals surface area contributed by atoms with Gasteiger partial charge in [0.1, 0.15) is 5.01 Å². The zero-order chi connectivity index (χ0) is 10.8. The van der Waals surface area contributed by atoms with Gasteiger partial charge in [0.15, 0.2) is 0 Å². The molecule has 0 bridgehead atoms. The van der Waals surface area contributed by atoms with Gasteiger partial charge in [0, 0.05) is 16.6 Å². The normalized spacial score (nSPS) is 10.6. The van der Waals surface area contributed by atoms with Gasteiger partial charge in [-0.15, -0.1) is 11.3 Å². The van der Waals surface area contributed by atoms with Crippen LogP contribution in [0.3, 0.4) is 0 Å². The van der Waals surface area contributed by atoms with Crippen LogP contribution in [-0.4, -0.2) is 4.98 Å². The molecular formula is C13H15NS. The van der Waals surface area contributed by atoms with Crippen LogP contribution in [0.15, 0.2) is 23.6 Å². The van der Waals surface area contributed by atoms with Crippen LogP contribution < -0.4 is 0 Å². The molecule has 0 radical (unpaired) electrons. The number of benzene rings is 1. The van der Waals surface area contributed by atoms with E-state index in [-0.39, 0.29) is 0 Å². The SMILES string of the molecule is CCc1cccc(-c2nc(C)cs2)c1C. The van der Waals surface area contributed by atoms with Gasteiger partial charge < -0.3 is 0 Å². The molecule has 2 aromatic rings. The third-order valence-electron chi connectivity index (χ3n) is 2.68. The van der Waals surface area contributed by atoms with Crippen LogP contribution >= 0.6 is 11.3 Å². The number of aromatic nitrogens is 1. The van der Waals surface area contributed by atoms with Crippen molar-refractivity contribution in [2.24, 2.45) is 0 Å². The zero-order valence-corrected chi connectivity index (χ0v) is 10.2. The Hall–Kier alpha value is -1.15. The maximum Gasteiger partial charge on any atom is 0.123 e. The average Bonchev–Trinajstić information content (AvgIpc) is 2.65. The first kappa shape index (κ1) is 10.4. The highest BCUT2D eigenvalue weighted by molar-refractivity contribution is 7.13. The lowest BCUT2D eigenvalue weighted by Gasteiger charge is -2.07. The Bertz CT molecular complexity index is 471. The Morgan fingerprint density at radius 2 is 2.07 bits per heavy atom. The summed E-state index contributed by atoms with van der Waals surface area (Å²) in [6.07, 6.45) is 1.09. The quantitative estimate of drug-likeness (QED) is 0.741. The molecule has 0 aliphatic heterocycles. The van der Waals surface area contributed by atoms with Crippen LogP contribution in [0.2, 0.25) is 0 Å². The Labute approximate surface area is 94.8 Å². The van der Waals surface area contributed by atoms with Gasteiger partial charge in [0.2, 0.25) is 0 Å². The number of thiazole rings is 1. The van der Waals surface area contributed by atoms with Gasteiger partial charge >= 0.3 is 0 Å². The minimum Gasteiger partial charge on any atom is -0.241 e. The molecule has 15 heavy (non-hydrogen) atoms. The number of aryl methyl sites for hydroxylation is 2. The van der Waals surface area contributed by atoms with Crippen molar-refractivity contribution in [1.29, 1.82) is 0 Å². The third-order valence-corrected chi connectivity index (χ3v) is 3.67. The highest BCUT2D eigenvalue weighted by atomic mass is 32.1. The first-order chi connectivity index (χ1) is 7.22. The molecule has 0 atom stereocenters. The molecule has 0 N–H and O–H groups in total.